The van der Waals surface area contributed by atoms with Crippen LogP contribution in [-0.2, 0) is 16.0 Å². The van der Waals surface area contributed by atoms with Crippen molar-refractivity contribution in [1.82, 2.24) is 14.8 Å². The van der Waals surface area contributed by atoms with Gasteiger partial charge in [-0.2, -0.15) is 5.10 Å². The molecule has 0 saturated carbocycles. The molecule has 0 aromatic carbocycles. The Morgan fingerprint density at radius 2 is 2.09 bits per heavy atom. The fraction of sp³-hybridized carbons (Fsp3) is 0.533. The summed E-state index contributed by atoms with van der Waals surface area (Å²) in [6.45, 7) is 7.25. The van der Waals surface area contributed by atoms with Crippen LogP contribution in [0.1, 0.15) is 29.9 Å². The molecule has 2 heterocycles. The zero-order valence-corrected chi connectivity index (χ0v) is 13.4. The van der Waals surface area contributed by atoms with Crippen molar-refractivity contribution in [3.63, 3.8) is 0 Å². The van der Waals surface area contributed by atoms with Crippen LogP contribution in [0.5, 0.6) is 5.75 Å². The number of carbonyl (C=O) groups is 1. The first-order valence-electron chi connectivity index (χ1n) is 7.28. The molecule has 0 N–H and O–H groups in total. The second kappa shape index (κ2) is 7.22. The molecule has 0 fully saturated rings. The molecule has 120 valence electrons. The van der Waals surface area contributed by atoms with Gasteiger partial charge in [-0.25, -0.2) is 14.5 Å². The molecule has 7 heteroatoms. The first-order valence-corrected chi connectivity index (χ1v) is 7.28. The van der Waals surface area contributed by atoms with Gasteiger partial charge >= 0.3 is 5.97 Å². The third kappa shape index (κ3) is 3.04. The summed E-state index contributed by atoms with van der Waals surface area (Å²) in [4.78, 5) is 16.7. The first kappa shape index (κ1) is 16.2. The predicted molar refractivity (Wildman–Crippen MR) is 81.3 cm³/mol. The minimum Gasteiger partial charge on any atom is -0.492 e. The number of ether oxygens (including phenoxy) is 3. The fourth-order valence-corrected chi connectivity index (χ4v) is 2.25. The highest BCUT2D eigenvalue weighted by Gasteiger charge is 2.23. The van der Waals surface area contributed by atoms with Crippen molar-refractivity contribution in [3.8, 4) is 5.75 Å². The molecular weight excluding hydrogens is 286 g/mol. The highest BCUT2D eigenvalue weighted by Crippen LogP contribution is 2.31. The lowest BCUT2D eigenvalue weighted by Gasteiger charge is -2.13. The van der Waals surface area contributed by atoms with Crippen molar-refractivity contribution in [1.29, 1.82) is 0 Å². The Balaban J connectivity index is 2.59. The van der Waals surface area contributed by atoms with E-state index in [1.165, 1.54) is 0 Å². The van der Waals surface area contributed by atoms with Gasteiger partial charge in [-0.15, -0.1) is 0 Å². The van der Waals surface area contributed by atoms with E-state index in [0.29, 0.717) is 54.4 Å². The Morgan fingerprint density at radius 1 is 1.32 bits per heavy atom. The van der Waals surface area contributed by atoms with Gasteiger partial charge in [-0.3, -0.25) is 0 Å². The summed E-state index contributed by atoms with van der Waals surface area (Å²) in [6, 6.07) is 0. The van der Waals surface area contributed by atoms with Crippen LogP contribution in [-0.4, -0.2) is 47.7 Å². The number of methoxy groups -OCH3 is 1. The number of hydrogen-bond acceptors (Lipinski definition) is 6. The number of hydrogen-bond donors (Lipinski definition) is 0. The monoisotopic (exact) mass is 307 g/mol. The van der Waals surface area contributed by atoms with Gasteiger partial charge in [0.25, 0.3) is 0 Å². The average Bonchev–Trinajstić information content (AvgIpc) is 2.88. The molecule has 2 rings (SSSR count). The lowest BCUT2D eigenvalue weighted by Crippen LogP contribution is -2.13. The molecule has 0 radical (unpaired) electrons. The number of pyridine rings is 1. The summed E-state index contributed by atoms with van der Waals surface area (Å²) in [5, 5.41) is 5.01. The van der Waals surface area contributed by atoms with Gasteiger partial charge < -0.3 is 14.2 Å². The number of esters is 1. The highest BCUT2D eigenvalue weighted by molar-refractivity contribution is 6.00. The third-order valence-corrected chi connectivity index (χ3v) is 3.19. The van der Waals surface area contributed by atoms with E-state index in [2.05, 4.69) is 10.1 Å². The zero-order chi connectivity index (χ0) is 16.1. The van der Waals surface area contributed by atoms with Crippen LogP contribution >= 0.6 is 0 Å². The van der Waals surface area contributed by atoms with E-state index >= 15 is 0 Å². The lowest BCUT2D eigenvalue weighted by atomic mass is 10.1. The summed E-state index contributed by atoms with van der Waals surface area (Å²) < 4.78 is 17.6. The minimum atomic E-state index is -0.428. The van der Waals surface area contributed by atoms with Crippen LogP contribution in [0.2, 0.25) is 0 Å². The molecule has 0 bridgehead atoms. The number of carbonyl (C=O) groups excluding carboxylic acids is 1. The summed E-state index contributed by atoms with van der Waals surface area (Å²) in [5.41, 5.74) is 1.60. The van der Waals surface area contributed by atoms with E-state index in [1.54, 1.807) is 31.8 Å². The molecule has 0 amide bonds. The number of aryl methyl sites for hydroxylation is 1. The maximum absolute atomic E-state index is 12.2. The smallest absolute Gasteiger partial charge is 0.343 e. The molecule has 0 unspecified atom stereocenters. The Hall–Kier alpha value is -2.15. The van der Waals surface area contributed by atoms with E-state index in [-0.39, 0.29) is 0 Å². The van der Waals surface area contributed by atoms with Crippen LogP contribution < -0.4 is 4.74 Å². The Morgan fingerprint density at radius 3 is 2.73 bits per heavy atom. The molecular formula is C15H21N3O4. The van der Waals surface area contributed by atoms with Crippen molar-refractivity contribution in [2.45, 2.75) is 27.3 Å². The molecule has 0 spiro atoms. The largest absolute Gasteiger partial charge is 0.492 e. The van der Waals surface area contributed by atoms with Crippen LogP contribution in [0.15, 0.2) is 6.20 Å². The van der Waals surface area contributed by atoms with Gasteiger partial charge in [0.1, 0.15) is 11.3 Å². The third-order valence-electron chi connectivity index (χ3n) is 3.19. The zero-order valence-electron chi connectivity index (χ0n) is 13.4. The maximum atomic E-state index is 12.2. The fourth-order valence-electron chi connectivity index (χ4n) is 2.25. The van der Waals surface area contributed by atoms with Crippen LogP contribution in [0, 0.1) is 6.92 Å². The molecule has 0 aliphatic rings. The Kier molecular flexibility index (Phi) is 5.32. The van der Waals surface area contributed by atoms with Crippen molar-refractivity contribution >= 4 is 17.0 Å². The van der Waals surface area contributed by atoms with Gasteiger partial charge in [-0.05, 0) is 20.8 Å². The van der Waals surface area contributed by atoms with Crippen LogP contribution in [0.25, 0.3) is 11.0 Å². The van der Waals surface area contributed by atoms with Gasteiger partial charge in [-0.1, -0.05) is 0 Å². The number of nitrogens with zero attached hydrogens (tertiary/aromatic N) is 3. The maximum Gasteiger partial charge on any atom is 0.343 e. The van der Waals surface area contributed by atoms with Crippen molar-refractivity contribution in [2.24, 2.45) is 0 Å². The van der Waals surface area contributed by atoms with Gasteiger partial charge in [0, 0.05) is 7.11 Å². The first-order chi connectivity index (χ1) is 10.6. The summed E-state index contributed by atoms with van der Waals surface area (Å²) in [5.74, 6) is 0.0506. The van der Waals surface area contributed by atoms with Crippen molar-refractivity contribution < 1.29 is 19.0 Å². The highest BCUT2D eigenvalue weighted by atomic mass is 16.5. The Bertz CT molecular complexity index is 666. The molecule has 2 aromatic heterocycles. The minimum absolute atomic E-state index is 0.301. The topological polar surface area (TPSA) is 75.5 Å². The van der Waals surface area contributed by atoms with E-state index < -0.39 is 5.97 Å². The van der Waals surface area contributed by atoms with Crippen LogP contribution in [0.4, 0.5) is 0 Å². The molecule has 2 aromatic rings. The summed E-state index contributed by atoms with van der Waals surface area (Å²) >= 11 is 0. The SMILES string of the molecule is CCOC(=O)c1c(C)nc2c(cnn2CCOC)c1OCC. The standard InChI is InChI=1S/C15H21N3O4/c1-5-21-13-11-9-16-18(7-8-20-4)14(11)17-10(3)12(13)15(19)22-6-2/h9H,5-8H2,1-4H3. The molecule has 7 nitrogen and oxygen atoms in total. The van der Waals surface area contributed by atoms with E-state index in [9.17, 15) is 4.79 Å². The molecule has 0 saturated heterocycles. The molecule has 0 aliphatic carbocycles. The molecule has 0 atom stereocenters. The molecule has 22 heavy (non-hydrogen) atoms. The second-order valence-corrected chi connectivity index (χ2v) is 4.65. The lowest BCUT2D eigenvalue weighted by molar-refractivity contribution is 0.0521. The predicted octanol–water partition coefficient (Wildman–Crippen LogP) is 1.96. The van der Waals surface area contributed by atoms with Crippen LogP contribution in [0.3, 0.4) is 0 Å². The van der Waals surface area contributed by atoms with E-state index in [4.69, 9.17) is 14.2 Å². The second-order valence-electron chi connectivity index (χ2n) is 4.65. The average molecular weight is 307 g/mol. The number of aromatic nitrogens is 3. The number of rotatable bonds is 7. The molecule has 0 aliphatic heterocycles. The quantitative estimate of drug-likeness (QED) is 0.728. The Labute approximate surface area is 129 Å². The summed E-state index contributed by atoms with van der Waals surface area (Å²) in [7, 11) is 1.63. The number of fused-ring (bicyclic) bond motifs is 1. The van der Waals surface area contributed by atoms with Gasteiger partial charge in [0.2, 0.25) is 0 Å². The normalized spacial score (nSPS) is 10.9. The van der Waals surface area contributed by atoms with E-state index in [1.807, 2.05) is 6.92 Å². The van der Waals surface area contributed by atoms with Gasteiger partial charge in [0.05, 0.1) is 43.6 Å². The summed E-state index contributed by atoms with van der Waals surface area (Å²) in [6.07, 6.45) is 1.66. The van der Waals surface area contributed by atoms with Crippen molar-refractivity contribution in [3.05, 3.63) is 17.5 Å². The van der Waals surface area contributed by atoms with Crippen molar-refractivity contribution in [2.75, 3.05) is 26.9 Å². The van der Waals surface area contributed by atoms with E-state index in [0.717, 1.165) is 0 Å². The van der Waals surface area contributed by atoms with Gasteiger partial charge in [0.15, 0.2) is 5.65 Å².